The summed E-state index contributed by atoms with van der Waals surface area (Å²) in [5.74, 6) is -0.812. The predicted octanol–water partition coefficient (Wildman–Crippen LogP) is 2.38. The van der Waals surface area contributed by atoms with Crippen LogP contribution in [0, 0.1) is 17.7 Å². The molecule has 0 spiro atoms. The summed E-state index contributed by atoms with van der Waals surface area (Å²) in [4.78, 5) is 27.5. The van der Waals surface area contributed by atoms with E-state index in [1.54, 1.807) is 4.90 Å². The molecule has 1 aromatic carbocycles. The lowest BCUT2D eigenvalue weighted by molar-refractivity contribution is -0.139. The maximum absolute atomic E-state index is 13.1. The molecule has 172 valence electrons. The van der Waals surface area contributed by atoms with Gasteiger partial charge in [-0.1, -0.05) is 33.1 Å². The summed E-state index contributed by atoms with van der Waals surface area (Å²) in [5, 5.41) is 2.96. The number of rotatable bonds is 6. The topological polar surface area (TPSA) is 86.8 Å². The Labute approximate surface area is 184 Å². The molecular weight excluding hydrogens is 421 g/mol. The van der Waals surface area contributed by atoms with Crippen LogP contribution in [0.1, 0.15) is 46.0 Å². The van der Waals surface area contributed by atoms with Gasteiger partial charge in [0.05, 0.1) is 4.90 Å². The van der Waals surface area contributed by atoms with E-state index in [9.17, 15) is 22.4 Å². The Morgan fingerprint density at radius 2 is 1.58 bits per heavy atom. The molecule has 0 radical (unpaired) electrons. The lowest BCUT2D eigenvalue weighted by Gasteiger charge is -2.37. The van der Waals surface area contributed by atoms with E-state index in [0.717, 1.165) is 44.2 Å². The molecule has 1 saturated heterocycles. The van der Waals surface area contributed by atoms with E-state index in [1.807, 2.05) is 13.8 Å². The van der Waals surface area contributed by atoms with E-state index in [-0.39, 0.29) is 54.7 Å². The van der Waals surface area contributed by atoms with Gasteiger partial charge in [-0.15, -0.1) is 0 Å². The fourth-order valence-electron chi connectivity index (χ4n) is 4.25. The van der Waals surface area contributed by atoms with Crippen LogP contribution in [0.5, 0.6) is 0 Å². The van der Waals surface area contributed by atoms with Crippen molar-refractivity contribution in [3.05, 3.63) is 30.1 Å². The maximum atomic E-state index is 13.1. The van der Waals surface area contributed by atoms with Gasteiger partial charge >= 0.3 is 0 Å². The van der Waals surface area contributed by atoms with Crippen molar-refractivity contribution >= 4 is 21.8 Å². The molecule has 1 aliphatic heterocycles. The molecule has 1 N–H and O–H groups in total. The van der Waals surface area contributed by atoms with E-state index in [2.05, 4.69) is 5.32 Å². The molecule has 1 heterocycles. The number of carbonyl (C=O) groups is 2. The average Bonchev–Trinajstić information content (AvgIpc) is 2.77. The van der Waals surface area contributed by atoms with Crippen LogP contribution in [0.15, 0.2) is 29.2 Å². The van der Waals surface area contributed by atoms with Crippen molar-refractivity contribution < 1.29 is 22.4 Å². The van der Waals surface area contributed by atoms with Crippen LogP contribution in [-0.4, -0.2) is 61.7 Å². The van der Waals surface area contributed by atoms with Crippen LogP contribution >= 0.6 is 0 Å². The van der Waals surface area contributed by atoms with Gasteiger partial charge in [-0.2, -0.15) is 4.31 Å². The van der Waals surface area contributed by atoms with E-state index < -0.39 is 21.9 Å². The highest BCUT2D eigenvalue weighted by molar-refractivity contribution is 7.89. The van der Waals surface area contributed by atoms with Gasteiger partial charge < -0.3 is 10.2 Å². The molecule has 1 aliphatic carbocycles. The maximum Gasteiger partial charge on any atom is 0.245 e. The minimum atomic E-state index is -3.74. The first-order valence-corrected chi connectivity index (χ1v) is 12.5. The van der Waals surface area contributed by atoms with E-state index >= 15 is 0 Å². The Morgan fingerprint density at radius 1 is 1.00 bits per heavy atom. The van der Waals surface area contributed by atoms with Gasteiger partial charge in [0.15, 0.2) is 0 Å². The molecule has 7 nitrogen and oxygen atoms in total. The third kappa shape index (κ3) is 5.63. The first-order valence-electron chi connectivity index (χ1n) is 11.0. The Morgan fingerprint density at radius 3 is 2.13 bits per heavy atom. The average molecular weight is 454 g/mol. The van der Waals surface area contributed by atoms with Crippen molar-refractivity contribution in [1.82, 2.24) is 14.5 Å². The lowest BCUT2D eigenvalue weighted by Crippen LogP contribution is -2.57. The molecule has 9 heteroatoms. The molecular formula is C22H32FN3O4S. The van der Waals surface area contributed by atoms with Gasteiger partial charge in [0, 0.05) is 32.1 Å². The number of piperazine rings is 1. The van der Waals surface area contributed by atoms with Gasteiger partial charge in [0.2, 0.25) is 21.8 Å². The van der Waals surface area contributed by atoms with Crippen molar-refractivity contribution in [1.29, 1.82) is 0 Å². The first kappa shape index (κ1) is 23.7. The largest absolute Gasteiger partial charge is 0.344 e. The number of halogens is 1. The van der Waals surface area contributed by atoms with Crippen LogP contribution < -0.4 is 5.32 Å². The standard InChI is InChI=1S/C22H32FN3O4S/c1-16(2)20(24-21(27)17-6-4-3-5-7-17)22(28)25-12-14-26(15-13-25)31(29,30)19-10-8-18(23)9-11-19/h8-11,16-17,20H,3-7,12-15H2,1-2H3,(H,24,27)/t20-/m1/s1. The number of sulfonamides is 1. The highest BCUT2D eigenvalue weighted by atomic mass is 32.2. The molecule has 2 amide bonds. The molecule has 2 aliphatic rings. The zero-order valence-corrected chi connectivity index (χ0v) is 19.0. The van der Waals surface area contributed by atoms with Crippen LogP contribution in [0.2, 0.25) is 0 Å². The number of amides is 2. The molecule has 1 saturated carbocycles. The van der Waals surface area contributed by atoms with Crippen molar-refractivity contribution in [2.75, 3.05) is 26.2 Å². The van der Waals surface area contributed by atoms with Gasteiger partial charge in [-0.3, -0.25) is 9.59 Å². The number of carbonyl (C=O) groups excluding carboxylic acids is 2. The van der Waals surface area contributed by atoms with Crippen LogP contribution in [0.25, 0.3) is 0 Å². The second-order valence-electron chi connectivity index (χ2n) is 8.75. The summed E-state index contributed by atoms with van der Waals surface area (Å²) in [5.41, 5.74) is 0. The molecule has 3 rings (SSSR count). The lowest BCUT2D eigenvalue weighted by atomic mass is 9.88. The van der Waals surface area contributed by atoms with Gasteiger partial charge in [-0.05, 0) is 43.0 Å². The molecule has 1 atom stereocenters. The molecule has 0 unspecified atom stereocenters. The van der Waals surface area contributed by atoms with Crippen molar-refractivity contribution in [3.63, 3.8) is 0 Å². The summed E-state index contributed by atoms with van der Waals surface area (Å²) in [6.07, 6.45) is 4.97. The highest BCUT2D eigenvalue weighted by Crippen LogP contribution is 2.24. The zero-order chi connectivity index (χ0) is 22.6. The number of nitrogens with zero attached hydrogens (tertiary/aromatic N) is 2. The van der Waals surface area contributed by atoms with Gasteiger partial charge in [-0.25, -0.2) is 12.8 Å². The van der Waals surface area contributed by atoms with E-state index in [0.29, 0.717) is 0 Å². The van der Waals surface area contributed by atoms with E-state index in [4.69, 9.17) is 0 Å². The van der Waals surface area contributed by atoms with Gasteiger partial charge in [0.25, 0.3) is 0 Å². The van der Waals surface area contributed by atoms with E-state index in [1.165, 1.54) is 16.4 Å². The fraction of sp³-hybridized carbons (Fsp3) is 0.636. The summed E-state index contributed by atoms with van der Waals surface area (Å²) in [6, 6.07) is 4.12. The minimum absolute atomic E-state index is 0.0273. The smallest absolute Gasteiger partial charge is 0.245 e. The molecule has 0 aromatic heterocycles. The van der Waals surface area contributed by atoms with Crippen molar-refractivity contribution in [3.8, 4) is 0 Å². The predicted molar refractivity (Wildman–Crippen MR) is 115 cm³/mol. The SMILES string of the molecule is CC(C)[C@@H](NC(=O)C1CCCCC1)C(=O)N1CCN(S(=O)(=O)c2ccc(F)cc2)CC1. The number of nitrogens with one attached hydrogen (secondary N) is 1. The number of benzene rings is 1. The Bertz CT molecular complexity index is 875. The van der Waals surface area contributed by atoms with Gasteiger partial charge in [0.1, 0.15) is 11.9 Å². The second kappa shape index (κ2) is 10.1. The Hall–Kier alpha value is -2.00. The van der Waals surface area contributed by atoms with Crippen molar-refractivity contribution in [2.45, 2.75) is 56.9 Å². The monoisotopic (exact) mass is 453 g/mol. The third-order valence-corrected chi connectivity index (χ3v) is 8.12. The van der Waals surface area contributed by atoms with Crippen LogP contribution in [0.3, 0.4) is 0 Å². The number of hydrogen-bond donors (Lipinski definition) is 1. The minimum Gasteiger partial charge on any atom is -0.344 e. The second-order valence-corrected chi connectivity index (χ2v) is 10.7. The molecule has 2 fully saturated rings. The number of hydrogen-bond acceptors (Lipinski definition) is 4. The van der Waals surface area contributed by atoms with Crippen LogP contribution in [0.4, 0.5) is 4.39 Å². The molecule has 0 bridgehead atoms. The van der Waals surface area contributed by atoms with Crippen LogP contribution in [-0.2, 0) is 19.6 Å². The summed E-state index contributed by atoms with van der Waals surface area (Å²) < 4.78 is 40.0. The highest BCUT2D eigenvalue weighted by Gasteiger charge is 2.35. The summed E-state index contributed by atoms with van der Waals surface area (Å²) >= 11 is 0. The Balaban J connectivity index is 1.60. The van der Waals surface area contributed by atoms with Crippen molar-refractivity contribution in [2.24, 2.45) is 11.8 Å². The zero-order valence-electron chi connectivity index (χ0n) is 18.2. The first-order chi connectivity index (χ1) is 14.7. The Kier molecular flexibility index (Phi) is 7.69. The molecule has 31 heavy (non-hydrogen) atoms. The summed E-state index contributed by atoms with van der Waals surface area (Å²) in [7, 11) is -3.74. The normalized spacial score (nSPS) is 19.9. The molecule has 1 aromatic rings. The third-order valence-electron chi connectivity index (χ3n) is 6.21. The fourth-order valence-corrected chi connectivity index (χ4v) is 5.67. The summed E-state index contributed by atoms with van der Waals surface area (Å²) in [6.45, 7) is 4.63. The quantitative estimate of drug-likeness (QED) is 0.717.